The number of nitrogens with one attached hydrogen (secondary N) is 1. The van der Waals surface area contributed by atoms with E-state index in [1.165, 1.54) is 4.90 Å². The van der Waals surface area contributed by atoms with Crippen molar-refractivity contribution in [2.24, 2.45) is 0 Å². The number of benzene rings is 1. The van der Waals surface area contributed by atoms with Crippen molar-refractivity contribution in [2.45, 2.75) is 26.8 Å². The molecular formula is C17H21BrN4O2. The summed E-state index contributed by atoms with van der Waals surface area (Å²) in [6.45, 7) is 6.17. The molecule has 1 aromatic carbocycles. The molecule has 0 spiro atoms. The number of hydrogen-bond donors (Lipinski definition) is 1. The molecule has 0 atom stereocenters. The van der Waals surface area contributed by atoms with Gasteiger partial charge in [0.05, 0.1) is 22.9 Å². The SMILES string of the molecule is CCN(CC(=O)NC(C)C)C(=O)c1ccc(-n2cc(Br)cn2)cc1. The molecule has 6 nitrogen and oxygen atoms in total. The zero-order valence-corrected chi connectivity index (χ0v) is 15.6. The molecular weight excluding hydrogens is 372 g/mol. The Kier molecular flexibility index (Phi) is 6.14. The van der Waals surface area contributed by atoms with Crippen LogP contribution in [0.2, 0.25) is 0 Å². The maximum absolute atomic E-state index is 12.6. The number of hydrogen-bond acceptors (Lipinski definition) is 3. The molecule has 0 radical (unpaired) electrons. The summed E-state index contributed by atoms with van der Waals surface area (Å²) >= 11 is 3.35. The van der Waals surface area contributed by atoms with E-state index >= 15 is 0 Å². The topological polar surface area (TPSA) is 67.2 Å². The minimum absolute atomic E-state index is 0.0546. The van der Waals surface area contributed by atoms with E-state index in [2.05, 4.69) is 26.3 Å². The van der Waals surface area contributed by atoms with Crippen molar-refractivity contribution in [3.05, 3.63) is 46.7 Å². The third kappa shape index (κ3) is 4.67. The lowest BCUT2D eigenvalue weighted by Gasteiger charge is -2.21. The van der Waals surface area contributed by atoms with Gasteiger partial charge in [-0.15, -0.1) is 0 Å². The molecule has 24 heavy (non-hydrogen) atoms. The standard InChI is InChI=1S/C17H21BrN4O2/c1-4-21(11-16(23)20-12(2)3)17(24)13-5-7-15(8-6-13)22-10-14(18)9-19-22/h5-10,12H,4,11H2,1-3H3,(H,20,23). The van der Waals surface area contributed by atoms with Gasteiger partial charge in [-0.1, -0.05) is 0 Å². The van der Waals surface area contributed by atoms with Crippen molar-refractivity contribution in [2.75, 3.05) is 13.1 Å². The number of rotatable bonds is 6. The Balaban J connectivity index is 2.08. The van der Waals surface area contributed by atoms with Gasteiger partial charge in [-0.05, 0) is 61.0 Å². The average molecular weight is 393 g/mol. The summed E-state index contributed by atoms with van der Waals surface area (Å²) in [4.78, 5) is 26.0. The molecule has 0 saturated heterocycles. The number of likely N-dealkylation sites (N-methyl/N-ethyl adjacent to an activating group) is 1. The molecule has 1 heterocycles. The second kappa shape index (κ2) is 8.10. The normalized spacial score (nSPS) is 10.7. The van der Waals surface area contributed by atoms with E-state index in [-0.39, 0.29) is 24.4 Å². The van der Waals surface area contributed by atoms with Crippen LogP contribution in [0.15, 0.2) is 41.1 Å². The lowest BCUT2D eigenvalue weighted by atomic mass is 10.1. The first-order chi connectivity index (χ1) is 11.4. The summed E-state index contributed by atoms with van der Waals surface area (Å²) in [6.07, 6.45) is 3.54. The summed E-state index contributed by atoms with van der Waals surface area (Å²) in [5, 5.41) is 7.00. The molecule has 0 bridgehead atoms. The first-order valence-electron chi connectivity index (χ1n) is 7.80. The van der Waals surface area contributed by atoms with Gasteiger partial charge >= 0.3 is 0 Å². The predicted molar refractivity (Wildman–Crippen MR) is 96.1 cm³/mol. The van der Waals surface area contributed by atoms with E-state index in [4.69, 9.17) is 0 Å². The van der Waals surface area contributed by atoms with Crippen LogP contribution in [0.1, 0.15) is 31.1 Å². The molecule has 2 rings (SSSR count). The van der Waals surface area contributed by atoms with E-state index in [0.717, 1.165) is 10.2 Å². The van der Waals surface area contributed by atoms with Gasteiger partial charge in [-0.2, -0.15) is 5.10 Å². The van der Waals surface area contributed by atoms with E-state index in [1.807, 2.05) is 39.1 Å². The van der Waals surface area contributed by atoms with Crippen LogP contribution in [0, 0.1) is 0 Å². The molecule has 1 N–H and O–H groups in total. The third-order valence-electron chi connectivity index (χ3n) is 3.38. The highest BCUT2D eigenvalue weighted by Crippen LogP contribution is 2.14. The van der Waals surface area contributed by atoms with Crippen LogP contribution in [0.5, 0.6) is 0 Å². The van der Waals surface area contributed by atoms with Gasteiger partial charge in [0.1, 0.15) is 0 Å². The smallest absolute Gasteiger partial charge is 0.254 e. The summed E-state index contributed by atoms with van der Waals surface area (Å²) in [6, 6.07) is 7.20. The molecule has 0 fully saturated rings. The summed E-state index contributed by atoms with van der Waals surface area (Å²) in [5.74, 6) is -0.317. The van der Waals surface area contributed by atoms with Crippen molar-refractivity contribution in [3.8, 4) is 5.69 Å². The second-order valence-corrected chi connectivity index (χ2v) is 6.61. The van der Waals surface area contributed by atoms with Gasteiger partial charge in [0.2, 0.25) is 5.91 Å². The minimum atomic E-state index is -0.162. The van der Waals surface area contributed by atoms with Crippen molar-refractivity contribution in [1.29, 1.82) is 0 Å². The van der Waals surface area contributed by atoms with Gasteiger partial charge in [0.15, 0.2) is 0 Å². The Morgan fingerprint density at radius 2 is 1.96 bits per heavy atom. The van der Waals surface area contributed by atoms with Gasteiger partial charge in [0, 0.05) is 24.3 Å². The number of carbonyl (C=O) groups excluding carboxylic acids is 2. The monoisotopic (exact) mass is 392 g/mol. The number of carbonyl (C=O) groups is 2. The van der Waals surface area contributed by atoms with Gasteiger partial charge < -0.3 is 10.2 Å². The Hall–Kier alpha value is -2.15. The molecule has 1 aromatic heterocycles. The summed E-state index contributed by atoms with van der Waals surface area (Å²) in [7, 11) is 0. The fraction of sp³-hybridized carbons (Fsp3) is 0.353. The summed E-state index contributed by atoms with van der Waals surface area (Å²) < 4.78 is 2.60. The molecule has 0 aliphatic heterocycles. The lowest BCUT2D eigenvalue weighted by Crippen LogP contribution is -2.42. The zero-order valence-electron chi connectivity index (χ0n) is 14.0. The van der Waals surface area contributed by atoms with Crippen LogP contribution < -0.4 is 5.32 Å². The lowest BCUT2D eigenvalue weighted by molar-refractivity contribution is -0.122. The Morgan fingerprint density at radius 3 is 2.46 bits per heavy atom. The fourth-order valence-electron chi connectivity index (χ4n) is 2.25. The molecule has 0 aliphatic rings. The number of amides is 2. The minimum Gasteiger partial charge on any atom is -0.352 e. The Morgan fingerprint density at radius 1 is 1.29 bits per heavy atom. The Labute approximate surface area is 150 Å². The number of halogens is 1. The van der Waals surface area contributed by atoms with Gasteiger partial charge in [-0.3, -0.25) is 9.59 Å². The van der Waals surface area contributed by atoms with Crippen LogP contribution in [0.4, 0.5) is 0 Å². The molecule has 0 unspecified atom stereocenters. The van der Waals surface area contributed by atoms with Crippen molar-refractivity contribution >= 4 is 27.7 Å². The van der Waals surface area contributed by atoms with E-state index in [9.17, 15) is 9.59 Å². The van der Waals surface area contributed by atoms with Gasteiger partial charge in [0.25, 0.3) is 5.91 Å². The van der Waals surface area contributed by atoms with E-state index in [1.54, 1.807) is 23.0 Å². The highest BCUT2D eigenvalue weighted by molar-refractivity contribution is 9.10. The highest BCUT2D eigenvalue weighted by atomic mass is 79.9. The highest BCUT2D eigenvalue weighted by Gasteiger charge is 2.17. The van der Waals surface area contributed by atoms with Gasteiger partial charge in [-0.25, -0.2) is 4.68 Å². The Bertz CT molecular complexity index is 710. The van der Waals surface area contributed by atoms with E-state index < -0.39 is 0 Å². The predicted octanol–water partition coefficient (Wildman–Crippen LogP) is 2.62. The van der Waals surface area contributed by atoms with Crippen LogP contribution >= 0.6 is 15.9 Å². The second-order valence-electron chi connectivity index (χ2n) is 5.69. The maximum Gasteiger partial charge on any atom is 0.254 e. The average Bonchev–Trinajstić information content (AvgIpc) is 2.98. The maximum atomic E-state index is 12.6. The zero-order chi connectivity index (χ0) is 17.7. The molecule has 0 saturated carbocycles. The molecule has 0 aliphatic carbocycles. The largest absolute Gasteiger partial charge is 0.352 e. The van der Waals surface area contributed by atoms with E-state index in [0.29, 0.717) is 12.1 Å². The van der Waals surface area contributed by atoms with Crippen LogP contribution in [-0.2, 0) is 4.79 Å². The van der Waals surface area contributed by atoms with Crippen molar-refractivity contribution in [3.63, 3.8) is 0 Å². The van der Waals surface area contributed by atoms with Crippen LogP contribution in [-0.4, -0.2) is 45.6 Å². The first kappa shape index (κ1) is 18.2. The van der Waals surface area contributed by atoms with Crippen molar-refractivity contribution < 1.29 is 9.59 Å². The van der Waals surface area contributed by atoms with Crippen molar-refractivity contribution in [1.82, 2.24) is 20.0 Å². The fourth-order valence-corrected chi connectivity index (χ4v) is 2.54. The summed E-state index contributed by atoms with van der Waals surface area (Å²) in [5.41, 5.74) is 1.40. The molecule has 2 amide bonds. The number of aromatic nitrogens is 2. The number of nitrogens with zero attached hydrogens (tertiary/aromatic N) is 3. The molecule has 2 aromatic rings. The van der Waals surface area contributed by atoms with Crippen LogP contribution in [0.25, 0.3) is 5.69 Å². The quantitative estimate of drug-likeness (QED) is 0.821. The van der Waals surface area contributed by atoms with Crippen LogP contribution in [0.3, 0.4) is 0 Å². The first-order valence-corrected chi connectivity index (χ1v) is 8.59. The third-order valence-corrected chi connectivity index (χ3v) is 3.79. The molecule has 128 valence electrons. The molecule has 7 heteroatoms.